The summed E-state index contributed by atoms with van der Waals surface area (Å²) in [7, 11) is 0. The van der Waals surface area contributed by atoms with Crippen LogP contribution in [0, 0.1) is 0 Å². The first-order valence-electron chi connectivity index (χ1n) is 3.62. The maximum atomic E-state index is 10.7. The summed E-state index contributed by atoms with van der Waals surface area (Å²) in [4.78, 5) is 11.5. The fraction of sp³-hybridized carbons (Fsp3) is 0.375. The molecule has 0 aliphatic carbocycles. The van der Waals surface area contributed by atoms with Crippen LogP contribution in [0.4, 0.5) is 0 Å². The van der Waals surface area contributed by atoms with E-state index in [-0.39, 0.29) is 0 Å². The molecule has 0 aliphatic rings. The summed E-state index contributed by atoms with van der Waals surface area (Å²) in [6.07, 6.45) is 0.579. The van der Waals surface area contributed by atoms with E-state index < -0.39 is 11.9 Å². The van der Waals surface area contributed by atoms with Crippen molar-refractivity contribution in [3.05, 3.63) is 21.3 Å². The molecule has 2 nitrogen and oxygen atoms in total. The van der Waals surface area contributed by atoms with Crippen LogP contribution < -0.4 is 0 Å². The Kier molecular flexibility index (Phi) is 3.12. The molecule has 0 aliphatic heterocycles. The van der Waals surface area contributed by atoms with Crippen molar-refractivity contribution in [1.29, 1.82) is 0 Å². The van der Waals surface area contributed by atoms with Gasteiger partial charge >= 0.3 is 5.97 Å². The molecule has 0 fully saturated rings. The largest absolute Gasteiger partial charge is 0.481 e. The van der Waals surface area contributed by atoms with E-state index in [9.17, 15) is 4.79 Å². The van der Waals surface area contributed by atoms with Gasteiger partial charge in [0, 0.05) is 4.88 Å². The first-order chi connectivity index (χ1) is 5.66. The van der Waals surface area contributed by atoms with Gasteiger partial charge in [-0.2, -0.15) is 0 Å². The highest BCUT2D eigenvalue weighted by Crippen LogP contribution is 2.31. The molecule has 66 valence electrons. The van der Waals surface area contributed by atoms with Crippen molar-refractivity contribution >= 4 is 28.9 Å². The number of halogens is 1. The van der Waals surface area contributed by atoms with Crippen LogP contribution in [0.5, 0.6) is 0 Å². The lowest BCUT2D eigenvalue weighted by molar-refractivity contribution is -0.138. The predicted molar refractivity (Wildman–Crippen MR) is 50.0 cm³/mol. The van der Waals surface area contributed by atoms with Crippen molar-refractivity contribution in [2.75, 3.05) is 0 Å². The molecule has 1 heterocycles. The molecule has 0 radical (unpaired) electrons. The van der Waals surface area contributed by atoms with Crippen LogP contribution in [0.25, 0.3) is 0 Å². The smallest absolute Gasteiger partial charge is 0.311 e. The van der Waals surface area contributed by atoms with Gasteiger partial charge in [-0.3, -0.25) is 4.79 Å². The summed E-state index contributed by atoms with van der Waals surface area (Å²) in [6.45, 7) is 1.84. The summed E-state index contributed by atoms with van der Waals surface area (Å²) in [5.41, 5.74) is 0. The minimum absolute atomic E-state index is 0.447. The molecule has 1 rings (SSSR count). The number of thiophene rings is 1. The average molecular weight is 205 g/mol. The van der Waals surface area contributed by atoms with E-state index in [0.717, 1.165) is 4.88 Å². The second-order valence-corrected chi connectivity index (χ2v) is 3.79. The Balaban J connectivity index is 2.94. The SMILES string of the molecule is CCC(C(=O)O)c1sccc1Cl. The van der Waals surface area contributed by atoms with Crippen LogP contribution in [0.1, 0.15) is 24.1 Å². The standard InChI is InChI=1S/C8H9ClO2S/c1-2-5(8(10)11)7-6(9)3-4-12-7/h3-5H,2H2,1H3,(H,10,11). The summed E-state index contributed by atoms with van der Waals surface area (Å²) >= 11 is 7.20. The Bertz CT molecular complexity index is 282. The lowest BCUT2D eigenvalue weighted by Crippen LogP contribution is -2.08. The van der Waals surface area contributed by atoms with Crippen LogP contribution in [-0.4, -0.2) is 11.1 Å². The van der Waals surface area contributed by atoms with Gasteiger partial charge in [-0.05, 0) is 17.9 Å². The van der Waals surface area contributed by atoms with Gasteiger partial charge in [0.25, 0.3) is 0 Å². The summed E-state index contributed by atoms with van der Waals surface area (Å²) in [5, 5.41) is 11.2. The molecule has 1 aromatic heterocycles. The minimum Gasteiger partial charge on any atom is -0.481 e. The van der Waals surface area contributed by atoms with Crippen LogP contribution in [0.15, 0.2) is 11.4 Å². The van der Waals surface area contributed by atoms with Gasteiger partial charge in [-0.1, -0.05) is 18.5 Å². The molecule has 12 heavy (non-hydrogen) atoms. The van der Waals surface area contributed by atoms with Crippen LogP contribution >= 0.6 is 22.9 Å². The zero-order chi connectivity index (χ0) is 9.14. The molecule has 0 amide bonds. The minimum atomic E-state index is -0.804. The normalized spacial score (nSPS) is 12.8. The lowest BCUT2D eigenvalue weighted by Gasteiger charge is -2.06. The van der Waals surface area contributed by atoms with Gasteiger partial charge in [0.15, 0.2) is 0 Å². The monoisotopic (exact) mass is 204 g/mol. The van der Waals surface area contributed by atoms with Crippen molar-refractivity contribution in [3.63, 3.8) is 0 Å². The van der Waals surface area contributed by atoms with E-state index >= 15 is 0 Å². The molecular formula is C8H9ClO2S. The maximum absolute atomic E-state index is 10.7. The Morgan fingerprint density at radius 1 is 1.83 bits per heavy atom. The van der Waals surface area contributed by atoms with Crippen molar-refractivity contribution in [2.45, 2.75) is 19.3 Å². The topological polar surface area (TPSA) is 37.3 Å². The number of hydrogen-bond donors (Lipinski definition) is 1. The highest BCUT2D eigenvalue weighted by atomic mass is 35.5. The molecule has 1 N–H and O–H groups in total. The van der Waals surface area contributed by atoms with Gasteiger partial charge in [-0.15, -0.1) is 11.3 Å². The molecule has 1 unspecified atom stereocenters. The van der Waals surface area contributed by atoms with Crippen LogP contribution in [0.3, 0.4) is 0 Å². The highest BCUT2D eigenvalue weighted by Gasteiger charge is 2.21. The lowest BCUT2D eigenvalue weighted by atomic mass is 10.1. The van der Waals surface area contributed by atoms with Crippen LogP contribution in [-0.2, 0) is 4.79 Å². The maximum Gasteiger partial charge on any atom is 0.311 e. The Morgan fingerprint density at radius 3 is 2.83 bits per heavy atom. The quantitative estimate of drug-likeness (QED) is 0.822. The molecule has 0 spiro atoms. The average Bonchev–Trinajstić information content (AvgIpc) is 2.38. The third kappa shape index (κ3) is 1.79. The third-order valence-corrected chi connectivity index (χ3v) is 3.14. The zero-order valence-electron chi connectivity index (χ0n) is 6.58. The first kappa shape index (κ1) is 9.55. The summed E-state index contributed by atoms with van der Waals surface area (Å²) in [6, 6.07) is 1.73. The second-order valence-electron chi connectivity index (χ2n) is 2.43. The number of carboxylic acid groups (broad SMARTS) is 1. The first-order valence-corrected chi connectivity index (χ1v) is 4.88. The van der Waals surface area contributed by atoms with Gasteiger partial charge in [0.1, 0.15) is 0 Å². The Hall–Kier alpha value is -0.540. The van der Waals surface area contributed by atoms with Gasteiger partial charge < -0.3 is 5.11 Å². The van der Waals surface area contributed by atoms with E-state index in [1.807, 2.05) is 12.3 Å². The van der Waals surface area contributed by atoms with E-state index in [1.165, 1.54) is 11.3 Å². The molecule has 0 bridgehead atoms. The number of rotatable bonds is 3. The van der Waals surface area contributed by atoms with E-state index in [1.54, 1.807) is 6.07 Å². The molecule has 0 saturated carbocycles. The van der Waals surface area contributed by atoms with Gasteiger partial charge in [0.05, 0.1) is 10.9 Å². The summed E-state index contributed by atoms with van der Waals surface area (Å²) < 4.78 is 0. The number of carbonyl (C=O) groups is 1. The van der Waals surface area contributed by atoms with Crippen molar-refractivity contribution in [2.24, 2.45) is 0 Å². The van der Waals surface area contributed by atoms with Gasteiger partial charge in [0.2, 0.25) is 0 Å². The molecule has 0 aromatic carbocycles. The predicted octanol–water partition coefficient (Wildman–Crippen LogP) is 2.98. The molecule has 4 heteroatoms. The van der Waals surface area contributed by atoms with Gasteiger partial charge in [-0.25, -0.2) is 0 Å². The molecule has 0 saturated heterocycles. The molecule has 1 aromatic rings. The van der Waals surface area contributed by atoms with Crippen molar-refractivity contribution < 1.29 is 9.90 Å². The molecule has 1 atom stereocenters. The Labute approximate surface area is 79.8 Å². The fourth-order valence-electron chi connectivity index (χ4n) is 1.03. The summed E-state index contributed by atoms with van der Waals surface area (Å²) in [5.74, 6) is -1.25. The zero-order valence-corrected chi connectivity index (χ0v) is 8.15. The fourth-order valence-corrected chi connectivity index (χ4v) is 2.39. The van der Waals surface area contributed by atoms with Crippen molar-refractivity contribution in [1.82, 2.24) is 0 Å². The molecular weight excluding hydrogens is 196 g/mol. The van der Waals surface area contributed by atoms with Crippen LogP contribution in [0.2, 0.25) is 5.02 Å². The Morgan fingerprint density at radius 2 is 2.50 bits per heavy atom. The van der Waals surface area contributed by atoms with Crippen molar-refractivity contribution in [3.8, 4) is 0 Å². The number of carboxylic acids is 1. The number of hydrogen-bond acceptors (Lipinski definition) is 2. The highest BCUT2D eigenvalue weighted by molar-refractivity contribution is 7.10. The number of aliphatic carboxylic acids is 1. The van der Waals surface area contributed by atoms with E-state index in [0.29, 0.717) is 11.4 Å². The van der Waals surface area contributed by atoms with E-state index in [2.05, 4.69) is 0 Å². The van der Waals surface area contributed by atoms with E-state index in [4.69, 9.17) is 16.7 Å². The third-order valence-electron chi connectivity index (χ3n) is 1.67. The second kappa shape index (κ2) is 3.92.